The molecule has 28 heavy (non-hydrogen) atoms. The van der Waals surface area contributed by atoms with Crippen LogP contribution in [0, 0.1) is 0 Å². The largest absolute Gasteiger partial charge is 0.490 e. The molecule has 2 rings (SSSR count). The highest BCUT2D eigenvalue weighted by Crippen LogP contribution is 2.26. The van der Waals surface area contributed by atoms with E-state index in [1.165, 1.54) is 0 Å². The number of hydrogen-bond acceptors (Lipinski definition) is 3. The number of carboxylic acid groups (broad SMARTS) is 1. The van der Waals surface area contributed by atoms with E-state index >= 15 is 0 Å². The van der Waals surface area contributed by atoms with Crippen LogP contribution in [-0.4, -0.2) is 37.3 Å². The third-order valence-electron chi connectivity index (χ3n) is 3.81. The molecule has 0 bridgehead atoms. The Morgan fingerprint density at radius 3 is 2.00 bits per heavy atom. The molecule has 1 amide bonds. The average Bonchev–Trinajstić information content (AvgIpc) is 2.63. The number of carbonyl (C=O) groups is 2. The highest BCUT2D eigenvalue weighted by atomic mass is 19.4. The smallest absolute Gasteiger partial charge is 0.475 e. The molecule has 0 aliphatic rings. The predicted molar refractivity (Wildman–Crippen MR) is 103 cm³/mol. The third-order valence-corrected chi connectivity index (χ3v) is 3.81. The van der Waals surface area contributed by atoms with Crippen LogP contribution in [0.1, 0.15) is 24.8 Å². The Hall–Kier alpha value is -3.03. The van der Waals surface area contributed by atoms with Gasteiger partial charge in [-0.25, -0.2) is 4.79 Å². The van der Waals surface area contributed by atoms with Crippen LogP contribution in [0.15, 0.2) is 54.6 Å². The molecule has 0 heterocycles. The molecule has 152 valence electrons. The number of halogens is 3. The molecule has 8 heteroatoms. The van der Waals surface area contributed by atoms with Gasteiger partial charge in [0.1, 0.15) is 0 Å². The van der Waals surface area contributed by atoms with Crippen LogP contribution in [0.25, 0.3) is 0 Å². The second-order valence-electron chi connectivity index (χ2n) is 6.08. The Morgan fingerprint density at radius 1 is 1.04 bits per heavy atom. The number of anilines is 2. The van der Waals surface area contributed by atoms with Crippen molar-refractivity contribution < 1.29 is 27.9 Å². The van der Waals surface area contributed by atoms with Crippen molar-refractivity contribution in [2.75, 3.05) is 24.3 Å². The van der Waals surface area contributed by atoms with E-state index in [2.05, 4.69) is 5.32 Å². The van der Waals surface area contributed by atoms with Crippen LogP contribution in [0.2, 0.25) is 0 Å². The van der Waals surface area contributed by atoms with Crippen molar-refractivity contribution in [3.63, 3.8) is 0 Å². The number of hydrogen-bond donors (Lipinski definition) is 2. The predicted octanol–water partition coefficient (Wildman–Crippen LogP) is 4.52. The Balaban J connectivity index is 0.000000480. The van der Waals surface area contributed by atoms with Gasteiger partial charge in [0.05, 0.1) is 17.3 Å². The van der Waals surface area contributed by atoms with Crippen LogP contribution >= 0.6 is 0 Å². The molecule has 0 saturated heterocycles. The summed E-state index contributed by atoms with van der Waals surface area (Å²) < 4.78 is 31.7. The van der Waals surface area contributed by atoms with Crippen LogP contribution in [-0.2, 0) is 9.59 Å². The van der Waals surface area contributed by atoms with Gasteiger partial charge in [-0.2, -0.15) is 13.2 Å². The lowest BCUT2D eigenvalue weighted by Gasteiger charge is -2.20. The first-order valence-electron chi connectivity index (χ1n) is 8.50. The molecule has 2 aromatic rings. The molecule has 0 aliphatic heterocycles. The molecule has 1 atom stereocenters. The van der Waals surface area contributed by atoms with Gasteiger partial charge in [0.15, 0.2) is 0 Å². The Kier molecular flexibility index (Phi) is 8.50. The molecule has 5 nitrogen and oxygen atoms in total. The first-order chi connectivity index (χ1) is 13.1. The Bertz CT molecular complexity index is 778. The maximum absolute atomic E-state index is 12.6. The summed E-state index contributed by atoms with van der Waals surface area (Å²) in [5.74, 6) is -2.84. The lowest BCUT2D eigenvalue weighted by atomic mass is 9.95. The highest BCUT2D eigenvalue weighted by molar-refractivity contribution is 5.98. The van der Waals surface area contributed by atoms with Crippen molar-refractivity contribution in [2.24, 2.45) is 0 Å². The number of nitrogens with one attached hydrogen (secondary N) is 1. The summed E-state index contributed by atoms with van der Waals surface area (Å²) >= 11 is 0. The summed E-state index contributed by atoms with van der Waals surface area (Å²) in [7, 11) is 3.94. The van der Waals surface area contributed by atoms with Gasteiger partial charge in [0, 0.05) is 14.1 Å². The van der Waals surface area contributed by atoms with Crippen molar-refractivity contribution >= 4 is 23.3 Å². The standard InChI is InChI=1S/C18H22N2O.C2HF3O2/c1-4-15(14-10-6-5-7-11-14)18(21)19-16-12-8-9-13-17(16)20(2)3;3-2(4,5)1(6)7/h5-13,15H,4H2,1-3H3,(H,19,21);(H,6,7). The van der Waals surface area contributed by atoms with Gasteiger partial charge in [0.25, 0.3) is 0 Å². The molecule has 0 saturated carbocycles. The Labute approximate surface area is 161 Å². The topological polar surface area (TPSA) is 69.6 Å². The minimum absolute atomic E-state index is 0.0398. The zero-order valence-corrected chi connectivity index (χ0v) is 15.8. The van der Waals surface area contributed by atoms with Gasteiger partial charge in [0.2, 0.25) is 5.91 Å². The maximum Gasteiger partial charge on any atom is 0.490 e. The fraction of sp³-hybridized carbons (Fsp3) is 0.300. The minimum Gasteiger partial charge on any atom is -0.475 e. The lowest BCUT2D eigenvalue weighted by molar-refractivity contribution is -0.192. The van der Waals surface area contributed by atoms with E-state index in [1.807, 2.05) is 80.5 Å². The van der Waals surface area contributed by atoms with Crippen LogP contribution in [0.5, 0.6) is 0 Å². The summed E-state index contributed by atoms with van der Waals surface area (Å²) in [6, 6.07) is 17.8. The van der Waals surface area contributed by atoms with Gasteiger partial charge in [-0.05, 0) is 24.1 Å². The Morgan fingerprint density at radius 2 is 1.54 bits per heavy atom. The molecule has 0 radical (unpaired) electrons. The molecule has 1 unspecified atom stereocenters. The third kappa shape index (κ3) is 6.94. The first-order valence-corrected chi connectivity index (χ1v) is 8.50. The van der Waals surface area contributed by atoms with E-state index in [1.54, 1.807) is 0 Å². The maximum atomic E-state index is 12.6. The number of aliphatic carboxylic acids is 1. The van der Waals surface area contributed by atoms with E-state index in [4.69, 9.17) is 9.90 Å². The second kappa shape index (κ2) is 10.3. The van der Waals surface area contributed by atoms with Gasteiger partial charge in [-0.3, -0.25) is 4.79 Å². The van der Waals surface area contributed by atoms with Gasteiger partial charge < -0.3 is 15.3 Å². The molecule has 0 spiro atoms. The number of nitrogens with zero attached hydrogens (tertiary/aromatic N) is 1. The first kappa shape index (κ1) is 23.0. The van der Waals surface area contributed by atoms with E-state index in [0.29, 0.717) is 0 Å². The van der Waals surface area contributed by atoms with Gasteiger partial charge in [-0.1, -0.05) is 49.4 Å². The molecular formula is C20H23F3N2O3. The number of carbonyl (C=O) groups excluding carboxylic acids is 1. The summed E-state index contributed by atoms with van der Waals surface area (Å²) in [5, 5.41) is 10.2. The van der Waals surface area contributed by atoms with E-state index in [0.717, 1.165) is 23.4 Å². The molecular weight excluding hydrogens is 373 g/mol. The van der Waals surface area contributed by atoms with Crippen molar-refractivity contribution in [3.8, 4) is 0 Å². The SMILES string of the molecule is CCC(C(=O)Nc1ccccc1N(C)C)c1ccccc1.O=C(O)C(F)(F)F. The minimum atomic E-state index is -5.08. The van der Waals surface area contributed by atoms with Gasteiger partial charge >= 0.3 is 12.1 Å². The number of amides is 1. The number of benzene rings is 2. The monoisotopic (exact) mass is 396 g/mol. The van der Waals surface area contributed by atoms with Crippen molar-refractivity contribution in [2.45, 2.75) is 25.4 Å². The normalized spacial score (nSPS) is 11.6. The zero-order valence-electron chi connectivity index (χ0n) is 15.8. The summed E-state index contributed by atoms with van der Waals surface area (Å²) in [4.78, 5) is 23.5. The summed E-state index contributed by atoms with van der Waals surface area (Å²) in [6.07, 6.45) is -4.31. The van der Waals surface area contributed by atoms with Crippen LogP contribution in [0.3, 0.4) is 0 Å². The number of para-hydroxylation sites is 2. The lowest BCUT2D eigenvalue weighted by Crippen LogP contribution is -2.22. The molecule has 0 aromatic heterocycles. The van der Waals surface area contributed by atoms with E-state index in [9.17, 15) is 18.0 Å². The number of rotatable bonds is 5. The van der Waals surface area contributed by atoms with Crippen molar-refractivity contribution in [3.05, 3.63) is 60.2 Å². The quantitative estimate of drug-likeness (QED) is 0.780. The highest BCUT2D eigenvalue weighted by Gasteiger charge is 2.38. The molecule has 0 aliphatic carbocycles. The van der Waals surface area contributed by atoms with Crippen molar-refractivity contribution in [1.29, 1.82) is 0 Å². The summed E-state index contributed by atoms with van der Waals surface area (Å²) in [6.45, 7) is 2.04. The number of carboxylic acids is 1. The fourth-order valence-corrected chi connectivity index (χ4v) is 2.45. The van der Waals surface area contributed by atoms with E-state index < -0.39 is 12.1 Å². The zero-order chi connectivity index (χ0) is 21.3. The van der Waals surface area contributed by atoms with Crippen LogP contribution < -0.4 is 10.2 Å². The fourth-order valence-electron chi connectivity index (χ4n) is 2.45. The molecule has 2 aromatic carbocycles. The van der Waals surface area contributed by atoms with E-state index in [-0.39, 0.29) is 11.8 Å². The second-order valence-corrected chi connectivity index (χ2v) is 6.08. The molecule has 0 fully saturated rings. The number of alkyl halides is 3. The van der Waals surface area contributed by atoms with Gasteiger partial charge in [-0.15, -0.1) is 0 Å². The van der Waals surface area contributed by atoms with Crippen LogP contribution in [0.4, 0.5) is 24.5 Å². The average molecular weight is 396 g/mol. The molecule has 2 N–H and O–H groups in total. The van der Waals surface area contributed by atoms with Crippen molar-refractivity contribution in [1.82, 2.24) is 0 Å². The summed E-state index contributed by atoms with van der Waals surface area (Å²) in [5.41, 5.74) is 2.91.